The van der Waals surface area contributed by atoms with Crippen LogP contribution in [0.4, 0.5) is 0 Å². The lowest BCUT2D eigenvalue weighted by atomic mass is 10.1. The molecule has 1 aromatic carbocycles. The van der Waals surface area contributed by atoms with Crippen molar-refractivity contribution in [2.45, 2.75) is 19.4 Å². The summed E-state index contributed by atoms with van der Waals surface area (Å²) in [5, 5.41) is 4.03. The summed E-state index contributed by atoms with van der Waals surface area (Å²) in [7, 11) is 0. The SMILES string of the molecule is CC1CC(c2ccccc2Br)=NO1. The Kier molecular flexibility index (Phi) is 2.36. The lowest BCUT2D eigenvalue weighted by molar-refractivity contribution is 0.0995. The predicted molar refractivity (Wildman–Crippen MR) is 55.8 cm³/mol. The molecule has 1 unspecified atom stereocenters. The minimum absolute atomic E-state index is 0.210. The number of hydrogen-bond donors (Lipinski definition) is 0. The van der Waals surface area contributed by atoms with Gasteiger partial charge in [-0.25, -0.2) is 0 Å². The second kappa shape index (κ2) is 3.50. The topological polar surface area (TPSA) is 21.6 Å². The van der Waals surface area contributed by atoms with Gasteiger partial charge in [-0.2, -0.15) is 0 Å². The van der Waals surface area contributed by atoms with Crippen LogP contribution in [0.25, 0.3) is 0 Å². The van der Waals surface area contributed by atoms with E-state index in [-0.39, 0.29) is 6.10 Å². The molecule has 0 N–H and O–H groups in total. The molecule has 0 fully saturated rings. The molecule has 1 aromatic rings. The quantitative estimate of drug-likeness (QED) is 0.739. The van der Waals surface area contributed by atoms with Crippen molar-refractivity contribution >= 4 is 21.6 Å². The van der Waals surface area contributed by atoms with Gasteiger partial charge < -0.3 is 4.84 Å². The first-order valence-electron chi connectivity index (χ1n) is 4.25. The van der Waals surface area contributed by atoms with Gasteiger partial charge in [-0.1, -0.05) is 39.3 Å². The van der Waals surface area contributed by atoms with E-state index in [1.807, 2.05) is 31.2 Å². The highest BCUT2D eigenvalue weighted by Gasteiger charge is 2.18. The summed E-state index contributed by atoms with van der Waals surface area (Å²) in [4.78, 5) is 5.14. The van der Waals surface area contributed by atoms with Crippen LogP contribution in [-0.2, 0) is 4.84 Å². The molecule has 0 aliphatic carbocycles. The van der Waals surface area contributed by atoms with Gasteiger partial charge in [0, 0.05) is 16.5 Å². The van der Waals surface area contributed by atoms with Crippen molar-refractivity contribution in [3.8, 4) is 0 Å². The lowest BCUT2D eigenvalue weighted by Crippen LogP contribution is -2.03. The third-order valence-corrected chi connectivity index (χ3v) is 2.70. The molecule has 3 heteroatoms. The van der Waals surface area contributed by atoms with Crippen molar-refractivity contribution in [3.63, 3.8) is 0 Å². The fraction of sp³-hybridized carbons (Fsp3) is 0.300. The Morgan fingerprint density at radius 3 is 2.85 bits per heavy atom. The van der Waals surface area contributed by atoms with Crippen LogP contribution in [0.15, 0.2) is 33.9 Å². The van der Waals surface area contributed by atoms with E-state index in [1.54, 1.807) is 0 Å². The fourth-order valence-electron chi connectivity index (χ4n) is 1.35. The molecule has 2 nitrogen and oxygen atoms in total. The molecule has 0 bridgehead atoms. The predicted octanol–water partition coefficient (Wildman–Crippen LogP) is 2.96. The van der Waals surface area contributed by atoms with Gasteiger partial charge in [-0.3, -0.25) is 0 Å². The first-order valence-corrected chi connectivity index (χ1v) is 5.04. The van der Waals surface area contributed by atoms with Crippen LogP contribution < -0.4 is 0 Å². The maximum absolute atomic E-state index is 5.14. The first-order chi connectivity index (χ1) is 6.27. The Morgan fingerprint density at radius 1 is 1.46 bits per heavy atom. The van der Waals surface area contributed by atoms with Gasteiger partial charge in [0.25, 0.3) is 0 Å². The summed E-state index contributed by atoms with van der Waals surface area (Å²) in [6.07, 6.45) is 1.10. The third kappa shape index (κ3) is 1.75. The number of hydrogen-bond acceptors (Lipinski definition) is 2. The molecule has 0 saturated heterocycles. The molecular formula is C10H10BrNO. The molecular weight excluding hydrogens is 230 g/mol. The van der Waals surface area contributed by atoms with E-state index in [9.17, 15) is 0 Å². The molecule has 0 saturated carbocycles. The smallest absolute Gasteiger partial charge is 0.130 e. The van der Waals surface area contributed by atoms with Gasteiger partial charge in [0.1, 0.15) is 6.10 Å². The molecule has 13 heavy (non-hydrogen) atoms. The summed E-state index contributed by atoms with van der Waals surface area (Å²) < 4.78 is 1.08. The van der Waals surface area contributed by atoms with Crippen LogP contribution in [0.2, 0.25) is 0 Å². The van der Waals surface area contributed by atoms with Gasteiger partial charge in [0.2, 0.25) is 0 Å². The highest BCUT2D eigenvalue weighted by molar-refractivity contribution is 9.10. The number of halogens is 1. The molecule has 0 radical (unpaired) electrons. The van der Waals surface area contributed by atoms with Gasteiger partial charge in [-0.15, -0.1) is 0 Å². The van der Waals surface area contributed by atoms with Gasteiger partial charge >= 0.3 is 0 Å². The zero-order valence-corrected chi connectivity index (χ0v) is 8.91. The summed E-state index contributed by atoms with van der Waals surface area (Å²) >= 11 is 3.49. The van der Waals surface area contributed by atoms with Crippen molar-refractivity contribution < 1.29 is 4.84 Å². The van der Waals surface area contributed by atoms with E-state index in [2.05, 4.69) is 21.1 Å². The van der Waals surface area contributed by atoms with E-state index >= 15 is 0 Å². The minimum atomic E-state index is 0.210. The minimum Gasteiger partial charge on any atom is -0.392 e. The molecule has 1 aliphatic rings. The Morgan fingerprint density at radius 2 is 2.23 bits per heavy atom. The summed E-state index contributed by atoms with van der Waals surface area (Å²) in [6.45, 7) is 2.02. The zero-order chi connectivity index (χ0) is 9.26. The first kappa shape index (κ1) is 8.75. The van der Waals surface area contributed by atoms with Gasteiger partial charge in [0.05, 0.1) is 5.71 Å². The molecule has 0 spiro atoms. The third-order valence-electron chi connectivity index (χ3n) is 2.01. The average molecular weight is 240 g/mol. The van der Waals surface area contributed by atoms with Gasteiger partial charge in [-0.05, 0) is 13.0 Å². The van der Waals surface area contributed by atoms with Gasteiger partial charge in [0.15, 0.2) is 0 Å². The fourth-order valence-corrected chi connectivity index (χ4v) is 1.87. The molecule has 0 aromatic heterocycles. The second-order valence-electron chi connectivity index (χ2n) is 3.14. The lowest BCUT2D eigenvalue weighted by Gasteiger charge is -2.01. The maximum atomic E-state index is 5.14. The maximum Gasteiger partial charge on any atom is 0.130 e. The number of nitrogens with zero attached hydrogens (tertiary/aromatic N) is 1. The normalized spacial score (nSPS) is 21.1. The van der Waals surface area contributed by atoms with E-state index in [0.717, 1.165) is 22.2 Å². The molecule has 2 rings (SSSR count). The highest BCUT2D eigenvalue weighted by atomic mass is 79.9. The molecule has 1 heterocycles. The van der Waals surface area contributed by atoms with Crippen LogP contribution in [0, 0.1) is 0 Å². The van der Waals surface area contributed by atoms with Crippen molar-refractivity contribution in [1.29, 1.82) is 0 Å². The number of oxime groups is 1. The van der Waals surface area contributed by atoms with E-state index in [1.165, 1.54) is 0 Å². The molecule has 68 valence electrons. The number of rotatable bonds is 1. The van der Waals surface area contributed by atoms with E-state index < -0.39 is 0 Å². The Balaban J connectivity index is 2.31. The molecule has 1 atom stereocenters. The standard InChI is InChI=1S/C10H10BrNO/c1-7-6-10(12-13-7)8-4-2-3-5-9(8)11/h2-5,7H,6H2,1H3. The van der Waals surface area contributed by atoms with Crippen LogP contribution >= 0.6 is 15.9 Å². The Labute approximate surface area is 85.7 Å². The highest BCUT2D eigenvalue weighted by Crippen LogP contribution is 2.22. The summed E-state index contributed by atoms with van der Waals surface area (Å²) in [5.41, 5.74) is 2.16. The van der Waals surface area contributed by atoms with E-state index in [0.29, 0.717) is 0 Å². The van der Waals surface area contributed by atoms with Crippen LogP contribution in [0.3, 0.4) is 0 Å². The molecule has 1 aliphatic heterocycles. The van der Waals surface area contributed by atoms with Crippen molar-refractivity contribution in [1.82, 2.24) is 0 Å². The van der Waals surface area contributed by atoms with Crippen molar-refractivity contribution in [2.75, 3.05) is 0 Å². The Bertz CT molecular complexity index is 349. The molecule has 0 amide bonds. The Hall–Kier alpha value is -0.830. The average Bonchev–Trinajstić information content (AvgIpc) is 2.53. The monoisotopic (exact) mass is 239 g/mol. The summed E-state index contributed by atoms with van der Waals surface area (Å²) in [5.74, 6) is 0. The summed E-state index contributed by atoms with van der Waals surface area (Å²) in [6, 6.07) is 8.06. The van der Waals surface area contributed by atoms with Crippen LogP contribution in [-0.4, -0.2) is 11.8 Å². The van der Waals surface area contributed by atoms with E-state index in [4.69, 9.17) is 4.84 Å². The second-order valence-corrected chi connectivity index (χ2v) is 3.99. The largest absolute Gasteiger partial charge is 0.392 e. The van der Waals surface area contributed by atoms with Crippen LogP contribution in [0.1, 0.15) is 18.9 Å². The number of benzene rings is 1. The van der Waals surface area contributed by atoms with Crippen molar-refractivity contribution in [3.05, 3.63) is 34.3 Å². The van der Waals surface area contributed by atoms with Crippen molar-refractivity contribution in [2.24, 2.45) is 5.16 Å². The van der Waals surface area contributed by atoms with Crippen LogP contribution in [0.5, 0.6) is 0 Å². The zero-order valence-electron chi connectivity index (χ0n) is 7.33.